The molecule has 5 nitrogen and oxygen atoms in total. The number of carboxylic acid groups (broad SMARTS) is 1. The van der Waals surface area contributed by atoms with Gasteiger partial charge in [0.05, 0.1) is 11.3 Å². The molecule has 1 aromatic carbocycles. The van der Waals surface area contributed by atoms with Gasteiger partial charge in [-0.3, -0.25) is 0 Å². The predicted molar refractivity (Wildman–Crippen MR) is 84.0 cm³/mol. The van der Waals surface area contributed by atoms with Crippen LogP contribution in [0, 0.1) is 13.8 Å². The third-order valence-electron chi connectivity index (χ3n) is 3.67. The lowest BCUT2D eigenvalue weighted by atomic mass is 10.0. The largest absolute Gasteiger partial charge is 0.478 e. The van der Waals surface area contributed by atoms with Crippen molar-refractivity contribution in [2.24, 2.45) is 0 Å². The number of nitrogens with one attached hydrogen (secondary N) is 1. The van der Waals surface area contributed by atoms with E-state index in [9.17, 15) is 14.7 Å². The molecule has 5 heteroatoms. The Hall–Kier alpha value is -2.04. The molecule has 1 rings (SSSR count). The van der Waals surface area contributed by atoms with Gasteiger partial charge in [-0.1, -0.05) is 13.0 Å². The number of hydrogen-bond acceptors (Lipinski definition) is 2. The molecule has 0 saturated carbocycles. The zero-order valence-electron chi connectivity index (χ0n) is 13.4. The number of carbonyl (C=O) groups is 2. The third-order valence-corrected chi connectivity index (χ3v) is 3.67. The van der Waals surface area contributed by atoms with Crippen molar-refractivity contribution < 1.29 is 14.7 Å². The van der Waals surface area contributed by atoms with Gasteiger partial charge in [-0.2, -0.15) is 0 Å². The second kappa shape index (κ2) is 7.11. The van der Waals surface area contributed by atoms with Crippen molar-refractivity contribution in [2.75, 3.05) is 11.9 Å². The Kier molecular flexibility index (Phi) is 5.76. The van der Waals surface area contributed by atoms with E-state index in [1.165, 1.54) is 0 Å². The molecule has 1 unspecified atom stereocenters. The third kappa shape index (κ3) is 3.97. The summed E-state index contributed by atoms with van der Waals surface area (Å²) >= 11 is 0. The first-order chi connectivity index (χ1) is 9.81. The molecule has 0 radical (unpaired) electrons. The fraction of sp³-hybridized carbons (Fsp3) is 0.500. The van der Waals surface area contributed by atoms with Gasteiger partial charge in [0.25, 0.3) is 0 Å². The molecular formula is C16H24N2O3. The Morgan fingerprint density at radius 2 is 1.90 bits per heavy atom. The van der Waals surface area contributed by atoms with E-state index in [0.29, 0.717) is 12.2 Å². The number of carbonyl (C=O) groups excluding carboxylic acids is 1. The quantitative estimate of drug-likeness (QED) is 0.870. The van der Waals surface area contributed by atoms with Crippen molar-refractivity contribution in [2.45, 2.75) is 47.1 Å². The van der Waals surface area contributed by atoms with E-state index >= 15 is 0 Å². The van der Waals surface area contributed by atoms with Crippen LogP contribution in [-0.2, 0) is 0 Å². The summed E-state index contributed by atoms with van der Waals surface area (Å²) in [5.41, 5.74) is 2.11. The Balaban J connectivity index is 3.12. The lowest BCUT2D eigenvalue weighted by Crippen LogP contribution is -2.41. The minimum atomic E-state index is -1.04. The number of anilines is 1. The van der Waals surface area contributed by atoms with Gasteiger partial charge in [-0.05, 0) is 51.3 Å². The fourth-order valence-electron chi connectivity index (χ4n) is 2.36. The van der Waals surface area contributed by atoms with Crippen LogP contribution in [0.3, 0.4) is 0 Å². The van der Waals surface area contributed by atoms with Crippen LogP contribution < -0.4 is 5.32 Å². The summed E-state index contributed by atoms with van der Waals surface area (Å²) in [4.78, 5) is 25.4. The van der Waals surface area contributed by atoms with Gasteiger partial charge >= 0.3 is 12.0 Å². The lowest BCUT2D eigenvalue weighted by Gasteiger charge is -2.28. The van der Waals surface area contributed by atoms with Gasteiger partial charge in [0, 0.05) is 12.6 Å². The minimum absolute atomic E-state index is 0.106. The molecule has 21 heavy (non-hydrogen) atoms. The molecule has 0 bridgehead atoms. The van der Waals surface area contributed by atoms with E-state index in [2.05, 4.69) is 5.32 Å². The van der Waals surface area contributed by atoms with E-state index < -0.39 is 5.97 Å². The molecule has 0 aliphatic heterocycles. The SMILES string of the molecule is CCC(C)N(CC)C(=O)Nc1c(C)cc(C)cc1C(=O)O. The highest BCUT2D eigenvalue weighted by Gasteiger charge is 2.21. The van der Waals surface area contributed by atoms with Crippen molar-refractivity contribution in [1.29, 1.82) is 0 Å². The van der Waals surface area contributed by atoms with Gasteiger partial charge in [0.1, 0.15) is 0 Å². The van der Waals surface area contributed by atoms with Gasteiger partial charge in [0.15, 0.2) is 0 Å². The second-order valence-electron chi connectivity index (χ2n) is 5.28. The number of rotatable bonds is 5. The predicted octanol–water partition coefficient (Wildman–Crippen LogP) is 3.65. The molecule has 0 fully saturated rings. The van der Waals surface area contributed by atoms with Crippen LogP contribution in [0.1, 0.15) is 48.7 Å². The molecule has 0 aliphatic rings. The molecule has 116 valence electrons. The van der Waals surface area contributed by atoms with Gasteiger partial charge < -0.3 is 15.3 Å². The number of urea groups is 1. The molecule has 0 aromatic heterocycles. The first kappa shape index (κ1) is 17.0. The first-order valence-electron chi connectivity index (χ1n) is 7.23. The summed E-state index contributed by atoms with van der Waals surface area (Å²) in [5.74, 6) is -1.04. The van der Waals surface area contributed by atoms with Crippen molar-refractivity contribution in [3.05, 3.63) is 28.8 Å². The fourth-order valence-corrected chi connectivity index (χ4v) is 2.36. The molecule has 1 atom stereocenters. The highest BCUT2D eigenvalue weighted by molar-refractivity contribution is 6.01. The topological polar surface area (TPSA) is 69.6 Å². The number of amides is 2. The van der Waals surface area contributed by atoms with Crippen LogP contribution in [0.4, 0.5) is 10.5 Å². The van der Waals surface area contributed by atoms with Crippen molar-refractivity contribution >= 4 is 17.7 Å². The lowest BCUT2D eigenvalue weighted by molar-refractivity contribution is 0.0698. The molecular weight excluding hydrogens is 268 g/mol. The normalized spacial score (nSPS) is 11.9. The van der Waals surface area contributed by atoms with E-state index in [0.717, 1.165) is 17.5 Å². The average molecular weight is 292 g/mol. The number of hydrogen-bond donors (Lipinski definition) is 2. The average Bonchev–Trinajstić information content (AvgIpc) is 2.41. The van der Waals surface area contributed by atoms with Crippen molar-refractivity contribution in [1.82, 2.24) is 4.90 Å². The van der Waals surface area contributed by atoms with Crippen molar-refractivity contribution in [3.63, 3.8) is 0 Å². The Bertz CT molecular complexity index is 541. The number of aromatic carboxylic acids is 1. The zero-order valence-corrected chi connectivity index (χ0v) is 13.4. The van der Waals surface area contributed by atoms with Gasteiger partial charge in [-0.25, -0.2) is 9.59 Å². The number of carboxylic acids is 1. The summed E-state index contributed by atoms with van der Waals surface area (Å²) in [6.45, 7) is 10.1. The molecule has 2 amide bonds. The molecule has 0 saturated heterocycles. The Labute approximate surface area is 126 Å². The standard InChI is InChI=1S/C16H24N2O3/c1-6-12(5)18(7-2)16(21)17-14-11(4)8-10(3)9-13(14)15(19)20/h8-9,12H,6-7H2,1-5H3,(H,17,21)(H,19,20). The first-order valence-corrected chi connectivity index (χ1v) is 7.23. The number of nitrogens with zero attached hydrogens (tertiary/aromatic N) is 1. The van der Waals surface area contributed by atoms with Crippen LogP contribution in [0.25, 0.3) is 0 Å². The summed E-state index contributed by atoms with van der Waals surface area (Å²) in [6.07, 6.45) is 0.847. The minimum Gasteiger partial charge on any atom is -0.478 e. The van der Waals surface area contributed by atoms with Crippen LogP contribution in [-0.4, -0.2) is 34.6 Å². The Morgan fingerprint density at radius 3 is 2.38 bits per heavy atom. The van der Waals surface area contributed by atoms with E-state index in [1.807, 2.05) is 33.8 Å². The molecule has 0 heterocycles. The Morgan fingerprint density at radius 1 is 1.29 bits per heavy atom. The van der Waals surface area contributed by atoms with Crippen LogP contribution in [0.2, 0.25) is 0 Å². The van der Waals surface area contributed by atoms with Crippen LogP contribution in [0.5, 0.6) is 0 Å². The van der Waals surface area contributed by atoms with Crippen LogP contribution >= 0.6 is 0 Å². The van der Waals surface area contributed by atoms with E-state index in [4.69, 9.17) is 0 Å². The van der Waals surface area contributed by atoms with E-state index in [-0.39, 0.29) is 17.6 Å². The van der Waals surface area contributed by atoms with Crippen molar-refractivity contribution in [3.8, 4) is 0 Å². The molecule has 1 aromatic rings. The van der Waals surface area contributed by atoms with Gasteiger partial charge in [0.2, 0.25) is 0 Å². The molecule has 0 spiro atoms. The maximum Gasteiger partial charge on any atom is 0.337 e. The monoisotopic (exact) mass is 292 g/mol. The number of benzene rings is 1. The summed E-state index contributed by atoms with van der Waals surface area (Å²) in [7, 11) is 0. The second-order valence-corrected chi connectivity index (χ2v) is 5.28. The van der Waals surface area contributed by atoms with Crippen LogP contribution in [0.15, 0.2) is 12.1 Å². The van der Waals surface area contributed by atoms with E-state index in [1.54, 1.807) is 17.9 Å². The maximum absolute atomic E-state index is 12.4. The molecule has 0 aliphatic carbocycles. The van der Waals surface area contributed by atoms with Gasteiger partial charge in [-0.15, -0.1) is 0 Å². The smallest absolute Gasteiger partial charge is 0.337 e. The highest BCUT2D eigenvalue weighted by atomic mass is 16.4. The highest BCUT2D eigenvalue weighted by Crippen LogP contribution is 2.23. The summed E-state index contributed by atoms with van der Waals surface area (Å²) in [6, 6.07) is 3.28. The number of aryl methyl sites for hydroxylation is 2. The zero-order chi connectivity index (χ0) is 16.2. The molecule has 2 N–H and O–H groups in total. The summed E-state index contributed by atoms with van der Waals surface area (Å²) in [5, 5.41) is 12.1. The summed E-state index contributed by atoms with van der Waals surface area (Å²) < 4.78 is 0. The maximum atomic E-state index is 12.4.